The Kier molecular flexibility index (Phi) is 7.64. The highest BCUT2D eigenvalue weighted by atomic mass is 16.5. The Hall–Kier alpha value is -2.92. The van der Waals surface area contributed by atoms with Gasteiger partial charge in [-0.15, -0.1) is 0 Å². The van der Waals surface area contributed by atoms with Crippen LogP contribution in [0.3, 0.4) is 0 Å². The largest absolute Gasteiger partial charge is 0.497 e. The zero-order valence-electron chi connectivity index (χ0n) is 19.3. The number of hydrogen-bond acceptors (Lipinski definition) is 5. The summed E-state index contributed by atoms with van der Waals surface area (Å²) >= 11 is 0. The molecule has 2 aliphatic rings. The first-order valence-electron chi connectivity index (χ1n) is 11.0. The van der Waals surface area contributed by atoms with Gasteiger partial charge in [0.25, 0.3) is 0 Å². The molecule has 1 atom stereocenters. The van der Waals surface area contributed by atoms with Crippen molar-refractivity contribution < 1.29 is 4.74 Å². The molecule has 3 rings (SSSR count). The topological polar surface area (TPSA) is 62.6 Å². The van der Waals surface area contributed by atoms with E-state index in [-0.39, 0.29) is 6.04 Å². The number of anilines is 1. The van der Waals surface area contributed by atoms with Crippen LogP contribution < -0.4 is 21.1 Å². The van der Waals surface area contributed by atoms with E-state index < -0.39 is 0 Å². The molecule has 0 aromatic heterocycles. The highest BCUT2D eigenvalue weighted by Gasteiger charge is 2.25. The van der Waals surface area contributed by atoms with Crippen LogP contribution in [0.4, 0.5) is 5.69 Å². The van der Waals surface area contributed by atoms with Crippen molar-refractivity contribution in [1.29, 1.82) is 0 Å². The van der Waals surface area contributed by atoms with Crippen molar-refractivity contribution >= 4 is 5.69 Å². The number of ether oxygens (including phenoxy) is 1. The summed E-state index contributed by atoms with van der Waals surface area (Å²) in [6.07, 6.45) is 8.64. The molecule has 0 aliphatic carbocycles. The molecule has 1 fully saturated rings. The van der Waals surface area contributed by atoms with Crippen LogP contribution in [-0.4, -0.2) is 44.7 Å². The molecule has 0 saturated carbocycles. The van der Waals surface area contributed by atoms with Crippen LogP contribution in [0.25, 0.3) is 0 Å². The molecule has 1 aromatic rings. The minimum absolute atomic E-state index is 0.117. The van der Waals surface area contributed by atoms with Crippen molar-refractivity contribution in [2.75, 3.05) is 39.1 Å². The maximum Gasteiger partial charge on any atom is 0.120 e. The van der Waals surface area contributed by atoms with Gasteiger partial charge in [0.2, 0.25) is 0 Å². The Labute approximate surface area is 187 Å². The summed E-state index contributed by atoms with van der Waals surface area (Å²) in [5, 5.41) is 7.26. The number of rotatable bonds is 5. The van der Waals surface area contributed by atoms with Crippen molar-refractivity contribution in [3.8, 4) is 5.75 Å². The van der Waals surface area contributed by atoms with Crippen LogP contribution in [0.5, 0.6) is 5.75 Å². The van der Waals surface area contributed by atoms with E-state index in [0.29, 0.717) is 0 Å². The first kappa shape index (κ1) is 22.8. The molecule has 1 aromatic carbocycles. The van der Waals surface area contributed by atoms with Crippen LogP contribution >= 0.6 is 0 Å². The second-order valence-corrected chi connectivity index (χ2v) is 8.27. The second kappa shape index (κ2) is 10.4. The van der Waals surface area contributed by atoms with Gasteiger partial charge in [0.05, 0.1) is 18.8 Å². The Balaban J connectivity index is 2.00. The number of nitrogens with zero attached hydrogens (tertiary/aromatic N) is 1. The van der Waals surface area contributed by atoms with E-state index in [4.69, 9.17) is 10.5 Å². The molecule has 0 spiro atoms. The molecule has 5 nitrogen and oxygen atoms in total. The predicted molar refractivity (Wildman–Crippen MR) is 131 cm³/mol. The Morgan fingerprint density at radius 3 is 2.84 bits per heavy atom. The summed E-state index contributed by atoms with van der Waals surface area (Å²) in [6, 6.07) is 8.19. The molecule has 166 valence electrons. The Bertz CT molecular complexity index is 934. The predicted octanol–water partition coefficient (Wildman–Crippen LogP) is 4.35. The maximum atomic E-state index is 6.26. The first-order valence-corrected chi connectivity index (χ1v) is 11.0. The quantitative estimate of drug-likeness (QED) is 0.661. The van der Waals surface area contributed by atoms with Gasteiger partial charge in [-0.2, -0.15) is 0 Å². The zero-order valence-corrected chi connectivity index (χ0v) is 19.3. The molecule has 2 aliphatic heterocycles. The highest BCUT2D eigenvalue weighted by molar-refractivity contribution is 5.59. The van der Waals surface area contributed by atoms with Gasteiger partial charge in [0.1, 0.15) is 5.75 Å². The van der Waals surface area contributed by atoms with Crippen molar-refractivity contribution in [2.24, 2.45) is 5.73 Å². The van der Waals surface area contributed by atoms with E-state index in [2.05, 4.69) is 60.4 Å². The van der Waals surface area contributed by atoms with Crippen molar-refractivity contribution in [1.82, 2.24) is 10.2 Å². The van der Waals surface area contributed by atoms with Gasteiger partial charge >= 0.3 is 0 Å². The van der Waals surface area contributed by atoms with Crippen LogP contribution in [0.2, 0.25) is 0 Å². The van der Waals surface area contributed by atoms with Gasteiger partial charge in [-0.05, 0) is 68.7 Å². The third kappa shape index (κ3) is 5.61. The molecule has 5 heteroatoms. The lowest BCUT2D eigenvalue weighted by Crippen LogP contribution is -2.25. The molecule has 0 radical (unpaired) electrons. The van der Waals surface area contributed by atoms with Crippen LogP contribution in [0.1, 0.15) is 26.7 Å². The molecule has 1 unspecified atom stereocenters. The van der Waals surface area contributed by atoms with Gasteiger partial charge in [-0.1, -0.05) is 24.8 Å². The van der Waals surface area contributed by atoms with Crippen LogP contribution in [-0.2, 0) is 0 Å². The van der Waals surface area contributed by atoms with E-state index >= 15 is 0 Å². The fourth-order valence-corrected chi connectivity index (χ4v) is 4.17. The molecule has 0 amide bonds. The molecule has 4 N–H and O–H groups in total. The molecule has 31 heavy (non-hydrogen) atoms. The maximum absolute atomic E-state index is 6.26. The van der Waals surface area contributed by atoms with E-state index in [9.17, 15) is 0 Å². The molecule has 2 heterocycles. The number of nitrogens with two attached hydrogens (primary N) is 1. The number of benzene rings is 1. The van der Waals surface area contributed by atoms with E-state index in [1.165, 1.54) is 11.1 Å². The highest BCUT2D eigenvalue weighted by Crippen LogP contribution is 2.32. The summed E-state index contributed by atoms with van der Waals surface area (Å²) in [7, 11) is 3.84. The minimum atomic E-state index is 0.117. The monoisotopic (exact) mass is 420 g/mol. The van der Waals surface area contributed by atoms with Gasteiger partial charge < -0.3 is 26.0 Å². The number of allylic oxidation sites excluding steroid dienone is 5. The SMILES string of the molecule is C=C(\C=C1C(=C\C)/C(=C(\C)N)NCCC/1Nc1cccc(OC)c1)C1=CCN(C)CC1. The van der Waals surface area contributed by atoms with E-state index in [1.54, 1.807) is 7.11 Å². The van der Waals surface area contributed by atoms with Crippen molar-refractivity contribution in [2.45, 2.75) is 32.7 Å². The van der Waals surface area contributed by atoms with Crippen LogP contribution in [0, 0.1) is 0 Å². The molecule has 0 bridgehead atoms. The number of likely N-dealkylation sites (N-methyl/N-ethyl adjacent to an activating group) is 1. The summed E-state index contributed by atoms with van der Waals surface area (Å²) in [5.41, 5.74) is 13.8. The third-order valence-electron chi connectivity index (χ3n) is 5.94. The van der Waals surface area contributed by atoms with Gasteiger partial charge in [0, 0.05) is 42.7 Å². The second-order valence-electron chi connectivity index (χ2n) is 8.27. The summed E-state index contributed by atoms with van der Waals surface area (Å²) < 4.78 is 5.41. The standard InChI is InChI=1S/C26H36N4O/c1-6-23-24(16-18(2)20-11-14-30(4)15-12-20)25(10-13-28-26(23)19(3)27)29-21-8-7-9-22(17-21)31-5/h6-9,11,16-17,25,28-29H,2,10,12-15,27H2,1,3-5H3/b23-6+,24-16+,26-19-. The summed E-state index contributed by atoms with van der Waals surface area (Å²) in [4.78, 5) is 2.32. The Morgan fingerprint density at radius 2 is 2.19 bits per heavy atom. The summed E-state index contributed by atoms with van der Waals surface area (Å²) in [5.74, 6) is 0.841. The third-order valence-corrected chi connectivity index (χ3v) is 5.94. The van der Waals surface area contributed by atoms with E-state index in [1.807, 2.05) is 25.1 Å². The number of nitrogens with one attached hydrogen (secondary N) is 2. The van der Waals surface area contributed by atoms with E-state index in [0.717, 1.165) is 66.5 Å². The fraction of sp³-hybridized carbons (Fsp3) is 0.385. The van der Waals surface area contributed by atoms with Crippen molar-refractivity contribution in [3.63, 3.8) is 0 Å². The minimum Gasteiger partial charge on any atom is -0.497 e. The molecular formula is C26H36N4O. The first-order chi connectivity index (χ1) is 14.9. The lowest BCUT2D eigenvalue weighted by Gasteiger charge is -2.25. The zero-order chi connectivity index (χ0) is 22.4. The van der Waals surface area contributed by atoms with Gasteiger partial charge in [-0.25, -0.2) is 0 Å². The molecular weight excluding hydrogens is 384 g/mol. The van der Waals surface area contributed by atoms with Crippen LogP contribution in [0.15, 0.2) is 82.8 Å². The van der Waals surface area contributed by atoms with Crippen molar-refractivity contribution in [3.05, 3.63) is 82.8 Å². The Morgan fingerprint density at radius 1 is 1.39 bits per heavy atom. The average molecular weight is 421 g/mol. The number of hydrogen-bond donors (Lipinski definition) is 3. The molecule has 1 saturated heterocycles. The van der Waals surface area contributed by atoms with Gasteiger partial charge in [0.15, 0.2) is 0 Å². The average Bonchev–Trinajstić information content (AvgIpc) is 2.93. The smallest absolute Gasteiger partial charge is 0.120 e. The lowest BCUT2D eigenvalue weighted by atomic mass is 9.90. The fourth-order valence-electron chi connectivity index (χ4n) is 4.17. The lowest BCUT2D eigenvalue weighted by molar-refractivity contribution is 0.361. The van der Waals surface area contributed by atoms with Gasteiger partial charge in [-0.3, -0.25) is 0 Å². The number of methoxy groups -OCH3 is 1. The normalized spacial score (nSPS) is 24.3. The summed E-state index contributed by atoms with van der Waals surface area (Å²) in [6.45, 7) is 11.3.